The van der Waals surface area contributed by atoms with Gasteiger partial charge in [-0.05, 0) is 121 Å². The molecular weight excluding hydrogens is 556 g/mol. The number of hydrogen-bond donors (Lipinski definition) is 0. The van der Waals surface area contributed by atoms with E-state index in [2.05, 4.69) is 149 Å². The van der Waals surface area contributed by atoms with Crippen LogP contribution in [0.4, 0.5) is 17.1 Å². The third kappa shape index (κ3) is 3.95. The fourth-order valence-corrected chi connectivity index (χ4v) is 10.3. The molecule has 4 saturated carbocycles. The van der Waals surface area contributed by atoms with Crippen molar-refractivity contribution in [2.45, 2.75) is 43.9 Å². The number of hydrogen-bond acceptors (Lipinski definition) is 1. The monoisotopic (exact) mass is 594 g/mol. The molecule has 4 fully saturated rings. The molecule has 6 aromatic carbocycles. The molecule has 224 valence electrons. The second-order valence-corrected chi connectivity index (χ2v) is 14.4. The first-order chi connectivity index (χ1) is 22.7. The Morgan fingerprint density at radius 3 is 1.72 bits per heavy atom. The predicted molar refractivity (Wildman–Crippen MR) is 193 cm³/mol. The summed E-state index contributed by atoms with van der Waals surface area (Å²) in [6, 6.07) is 51.8. The fraction of sp³-hybridized carbons (Fsp3) is 0.227. The van der Waals surface area contributed by atoms with Gasteiger partial charge in [-0.15, -0.1) is 0 Å². The maximum atomic E-state index is 2.49. The summed E-state index contributed by atoms with van der Waals surface area (Å²) in [4.78, 5) is 2.48. The van der Waals surface area contributed by atoms with Crippen molar-refractivity contribution >= 4 is 49.6 Å². The van der Waals surface area contributed by atoms with Crippen LogP contribution in [0.3, 0.4) is 0 Å². The number of aromatic nitrogens is 1. The Morgan fingerprint density at radius 1 is 0.500 bits per heavy atom. The number of benzene rings is 6. The zero-order valence-electron chi connectivity index (χ0n) is 26.1. The molecule has 11 rings (SSSR count). The highest BCUT2D eigenvalue weighted by molar-refractivity contribution is 6.24. The molecule has 46 heavy (non-hydrogen) atoms. The minimum Gasteiger partial charge on any atom is -0.310 e. The summed E-state index contributed by atoms with van der Waals surface area (Å²) in [5, 5.41) is 5.14. The quantitative estimate of drug-likeness (QED) is 0.192. The van der Waals surface area contributed by atoms with Crippen molar-refractivity contribution in [3.63, 3.8) is 0 Å². The molecule has 4 bridgehead atoms. The molecule has 4 aliphatic carbocycles. The lowest BCUT2D eigenvalue weighted by Gasteiger charge is -2.57. The molecule has 0 aliphatic heterocycles. The van der Waals surface area contributed by atoms with Gasteiger partial charge in [-0.25, -0.2) is 0 Å². The van der Waals surface area contributed by atoms with Crippen LogP contribution in [0.5, 0.6) is 0 Å². The van der Waals surface area contributed by atoms with E-state index in [4.69, 9.17) is 0 Å². The molecule has 0 N–H and O–H groups in total. The van der Waals surface area contributed by atoms with Gasteiger partial charge in [0.1, 0.15) is 0 Å². The standard InChI is InChI=1S/C44H38N2/c1-3-11-34(12-4-1)45(36-21-19-33(20-22-36)44-27-30-23-31(28-44)25-32(24-30)29-44)41-26-42-43(38-16-8-7-15-37(38)41)39-17-9-10-18-40(39)46(42)35-13-5-2-6-14-35/h1-22,26,30-32H,23-25,27-29H2. The van der Waals surface area contributed by atoms with Crippen molar-refractivity contribution in [1.82, 2.24) is 4.57 Å². The first kappa shape index (κ1) is 26.4. The minimum absolute atomic E-state index is 0.396. The van der Waals surface area contributed by atoms with Crippen molar-refractivity contribution in [3.8, 4) is 5.69 Å². The van der Waals surface area contributed by atoms with E-state index >= 15 is 0 Å². The highest BCUT2D eigenvalue weighted by Gasteiger charge is 2.51. The molecule has 1 heterocycles. The van der Waals surface area contributed by atoms with Crippen molar-refractivity contribution in [3.05, 3.63) is 145 Å². The van der Waals surface area contributed by atoms with E-state index in [9.17, 15) is 0 Å². The van der Waals surface area contributed by atoms with Gasteiger partial charge < -0.3 is 9.47 Å². The number of nitrogens with zero attached hydrogens (tertiary/aromatic N) is 2. The Labute approximate surface area is 270 Å². The van der Waals surface area contributed by atoms with Crippen LogP contribution >= 0.6 is 0 Å². The van der Waals surface area contributed by atoms with E-state index in [0.29, 0.717) is 5.41 Å². The van der Waals surface area contributed by atoms with E-state index in [0.717, 1.165) is 17.8 Å². The Hall–Kier alpha value is -4.82. The molecule has 2 nitrogen and oxygen atoms in total. The molecule has 4 aliphatic rings. The number of anilines is 3. The molecule has 0 saturated heterocycles. The van der Waals surface area contributed by atoms with Gasteiger partial charge in [-0.2, -0.15) is 0 Å². The summed E-state index contributed by atoms with van der Waals surface area (Å²) in [6.45, 7) is 0. The van der Waals surface area contributed by atoms with Gasteiger partial charge >= 0.3 is 0 Å². The average molecular weight is 595 g/mol. The summed E-state index contributed by atoms with van der Waals surface area (Å²) in [5.41, 5.74) is 9.21. The van der Waals surface area contributed by atoms with E-state index in [-0.39, 0.29) is 0 Å². The van der Waals surface area contributed by atoms with Gasteiger partial charge in [0.2, 0.25) is 0 Å². The summed E-state index contributed by atoms with van der Waals surface area (Å²) >= 11 is 0. The van der Waals surface area contributed by atoms with E-state index < -0.39 is 0 Å². The van der Waals surface area contributed by atoms with Crippen LogP contribution in [0.1, 0.15) is 44.1 Å². The summed E-state index contributed by atoms with van der Waals surface area (Å²) in [6.07, 6.45) is 8.63. The fourth-order valence-electron chi connectivity index (χ4n) is 10.3. The molecular formula is C44H38N2. The Balaban J connectivity index is 1.20. The maximum Gasteiger partial charge on any atom is 0.0568 e. The lowest BCUT2D eigenvalue weighted by molar-refractivity contribution is -0.00518. The second-order valence-electron chi connectivity index (χ2n) is 14.4. The van der Waals surface area contributed by atoms with Gasteiger partial charge in [-0.3, -0.25) is 0 Å². The summed E-state index contributed by atoms with van der Waals surface area (Å²) in [7, 11) is 0. The Kier molecular flexibility index (Phi) is 5.79. The normalized spacial score (nSPS) is 23.4. The summed E-state index contributed by atoms with van der Waals surface area (Å²) < 4.78 is 2.44. The third-order valence-electron chi connectivity index (χ3n) is 11.7. The lowest BCUT2D eigenvalue weighted by Crippen LogP contribution is -2.48. The maximum absolute atomic E-state index is 2.49. The minimum atomic E-state index is 0.396. The highest BCUT2D eigenvalue weighted by atomic mass is 15.1. The Bertz CT molecular complexity index is 2190. The van der Waals surface area contributed by atoms with Crippen LogP contribution in [0.25, 0.3) is 38.3 Å². The smallest absolute Gasteiger partial charge is 0.0568 e. The van der Waals surface area contributed by atoms with Crippen molar-refractivity contribution in [2.24, 2.45) is 17.8 Å². The van der Waals surface area contributed by atoms with Crippen LogP contribution in [0.2, 0.25) is 0 Å². The second kappa shape index (κ2) is 10.1. The molecule has 0 atom stereocenters. The van der Waals surface area contributed by atoms with Crippen LogP contribution in [0.15, 0.2) is 140 Å². The van der Waals surface area contributed by atoms with Crippen LogP contribution in [-0.2, 0) is 5.41 Å². The molecule has 0 unspecified atom stereocenters. The molecule has 0 amide bonds. The zero-order valence-corrected chi connectivity index (χ0v) is 26.1. The van der Waals surface area contributed by atoms with Crippen molar-refractivity contribution < 1.29 is 0 Å². The lowest BCUT2D eigenvalue weighted by atomic mass is 9.48. The van der Waals surface area contributed by atoms with E-state index in [1.165, 1.54) is 93.9 Å². The average Bonchev–Trinajstić information content (AvgIpc) is 3.43. The topological polar surface area (TPSA) is 8.17 Å². The third-order valence-corrected chi connectivity index (χ3v) is 11.7. The van der Waals surface area contributed by atoms with Crippen LogP contribution < -0.4 is 4.90 Å². The van der Waals surface area contributed by atoms with E-state index in [1.807, 2.05) is 0 Å². The largest absolute Gasteiger partial charge is 0.310 e. The van der Waals surface area contributed by atoms with Crippen molar-refractivity contribution in [1.29, 1.82) is 0 Å². The van der Waals surface area contributed by atoms with Gasteiger partial charge in [-0.1, -0.05) is 91.0 Å². The first-order valence-corrected chi connectivity index (χ1v) is 17.2. The molecule has 1 aromatic heterocycles. The number of para-hydroxylation sites is 3. The van der Waals surface area contributed by atoms with Gasteiger partial charge in [0.15, 0.2) is 0 Å². The van der Waals surface area contributed by atoms with Crippen LogP contribution in [-0.4, -0.2) is 4.57 Å². The van der Waals surface area contributed by atoms with Crippen molar-refractivity contribution in [2.75, 3.05) is 4.90 Å². The zero-order chi connectivity index (χ0) is 30.2. The Morgan fingerprint density at radius 2 is 1.04 bits per heavy atom. The number of fused-ring (bicyclic) bond motifs is 5. The summed E-state index contributed by atoms with van der Waals surface area (Å²) in [5.74, 6) is 2.84. The predicted octanol–water partition coefficient (Wildman–Crippen LogP) is 11.9. The number of rotatable bonds is 5. The van der Waals surface area contributed by atoms with E-state index in [1.54, 1.807) is 5.56 Å². The molecule has 2 heteroatoms. The molecule has 0 radical (unpaired) electrons. The van der Waals surface area contributed by atoms with Gasteiger partial charge in [0, 0.05) is 33.2 Å². The van der Waals surface area contributed by atoms with Gasteiger partial charge in [0.25, 0.3) is 0 Å². The van der Waals surface area contributed by atoms with Crippen LogP contribution in [0, 0.1) is 17.8 Å². The van der Waals surface area contributed by atoms with Gasteiger partial charge in [0.05, 0.1) is 16.7 Å². The SMILES string of the molecule is c1ccc(N(c2ccc(C34CC5CC(CC(C5)C3)C4)cc2)c2cc3c(c4ccccc24)c2ccccc2n3-c2ccccc2)cc1. The first-order valence-electron chi connectivity index (χ1n) is 17.2. The molecule has 0 spiro atoms. The highest BCUT2D eigenvalue weighted by Crippen LogP contribution is 2.61. The molecule has 7 aromatic rings.